The summed E-state index contributed by atoms with van der Waals surface area (Å²) in [5.74, 6) is 0.188. The molecule has 1 aliphatic rings. The number of carbonyl (C=O) groups excluding carboxylic acids is 1. The molecule has 0 bridgehead atoms. The number of ketones is 1. The molecule has 0 amide bonds. The molecular weight excluding hydrogens is 281 g/mol. The second kappa shape index (κ2) is 6.74. The van der Waals surface area contributed by atoms with Gasteiger partial charge in [0.05, 0.1) is 0 Å². The minimum Gasteiger partial charge on any atom is -0.327 e. The van der Waals surface area contributed by atoms with Gasteiger partial charge in [-0.25, -0.2) is 0 Å². The van der Waals surface area contributed by atoms with E-state index in [1.54, 1.807) is 12.1 Å². The average Bonchev–Trinajstić information content (AvgIpc) is 2.57. The van der Waals surface area contributed by atoms with Gasteiger partial charge in [0, 0.05) is 28.4 Å². The summed E-state index contributed by atoms with van der Waals surface area (Å²) < 4.78 is 0. The zero-order valence-corrected chi connectivity index (χ0v) is 12.4. The molecule has 19 heavy (non-hydrogen) atoms. The van der Waals surface area contributed by atoms with Crippen LogP contribution in [0.1, 0.15) is 37.7 Å². The zero-order valence-electron chi connectivity index (χ0n) is 10.9. The van der Waals surface area contributed by atoms with E-state index < -0.39 is 0 Å². The summed E-state index contributed by atoms with van der Waals surface area (Å²) in [7, 11) is 0. The Hall–Kier alpha value is -0.570. The predicted molar refractivity (Wildman–Crippen MR) is 79.7 cm³/mol. The van der Waals surface area contributed by atoms with Crippen molar-refractivity contribution in [1.29, 1.82) is 0 Å². The summed E-state index contributed by atoms with van der Waals surface area (Å²) in [5.41, 5.74) is 6.96. The van der Waals surface area contributed by atoms with E-state index in [0.717, 1.165) is 31.2 Å². The molecule has 0 radical (unpaired) electrons. The van der Waals surface area contributed by atoms with Crippen molar-refractivity contribution in [2.75, 3.05) is 0 Å². The van der Waals surface area contributed by atoms with Crippen molar-refractivity contribution >= 4 is 29.0 Å². The molecule has 1 aliphatic carbocycles. The first-order valence-corrected chi connectivity index (χ1v) is 7.55. The molecule has 2 unspecified atom stereocenters. The van der Waals surface area contributed by atoms with E-state index in [1.165, 1.54) is 6.42 Å². The van der Waals surface area contributed by atoms with Gasteiger partial charge in [-0.1, -0.05) is 48.5 Å². The normalized spacial score (nSPS) is 23.9. The standard InChI is InChI=1S/C15H19Cl2NO/c16-11-7-6-10(13(17)9-11)8-15(19)12-4-2-1-3-5-14(12)18/h6-7,9,12,14H,1-5,8,18H2. The Labute approximate surface area is 124 Å². The van der Waals surface area contributed by atoms with E-state index >= 15 is 0 Å². The van der Waals surface area contributed by atoms with Gasteiger partial charge < -0.3 is 5.73 Å². The van der Waals surface area contributed by atoms with Crippen LogP contribution in [0, 0.1) is 5.92 Å². The van der Waals surface area contributed by atoms with E-state index in [0.29, 0.717) is 16.5 Å². The zero-order chi connectivity index (χ0) is 13.8. The lowest BCUT2D eigenvalue weighted by Gasteiger charge is -2.20. The van der Waals surface area contributed by atoms with Crippen molar-refractivity contribution in [3.05, 3.63) is 33.8 Å². The maximum absolute atomic E-state index is 12.4. The van der Waals surface area contributed by atoms with Crippen molar-refractivity contribution in [1.82, 2.24) is 0 Å². The molecule has 2 nitrogen and oxygen atoms in total. The second-order valence-electron chi connectivity index (χ2n) is 5.29. The lowest BCUT2D eigenvalue weighted by molar-refractivity contribution is -0.123. The quantitative estimate of drug-likeness (QED) is 0.857. The van der Waals surface area contributed by atoms with Crippen LogP contribution in [0.3, 0.4) is 0 Å². The highest BCUT2D eigenvalue weighted by Crippen LogP contribution is 2.26. The first-order valence-electron chi connectivity index (χ1n) is 6.80. The van der Waals surface area contributed by atoms with Crippen LogP contribution >= 0.6 is 23.2 Å². The van der Waals surface area contributed by atoms with Crippen molar-refractivity contribution in [2.24, 2.45) is 11.7 Å². The molecule has 104 valence electrons. The largest absolute Gasteiger partial charge is 0.327 e. The summed E-state index contributed by atoms with van der Waals surface area (Å²) in [6, 6.07) is 5.27. The molecule has 0 aromatic heterocycles. The number of carbonyl (C=O) groups is 1. The Morgan fingerprint density at radius 2 is 1.95 bits per heavy atom. The van der Waals surface area contributed by atoms with Gasteiger partial charge in [0.15, 0.2) is 0 Å². The lowest BCUT2D eigenvalue weighted by atomic mass is 9.88. The van der Waals surface area contributed by atoms with Crippen LogP contribution in [0.15, 0.2) is 18.2 Å². The molecule has 4 heteroatoms. The number of rotatable bonds is 3. The average molecular weight is 300 g/mol. The van der Waals surface area contributed by atoms with Crippen LogP contribution in [0.5, 0.6) is 0 Å². The Kier molecular flexibility index (Phi) is 5.26. The summed E-state index contributed by atoms with van der Waals surface area (Å²) in [6.07, 6.45) is 5.62. The van der Waals surface area contributed by atoms with E-state index in [-0.39, 0.29) is 17.7 Å². The summed E-state index contributed by atoms with van der Waals surface area (Å²) >= 11 is 12.0. The molecule has 1 fully saturated rings. The van der Waals surface area contributed by atoms with Crippen LogP contribution in [0.4, 0.5) is 0 Å². The highest BCUT2D eigenvalue weighted by molar-refractivity contribution is 6.35. The van der Waals surface area contributed by atoms with Crippen LogP contribution < -0.4 is 5.73 Å². The molecule has 0 spiro atoms. The molecule has 0 saturated heterocycles. The number of benzene rings is 1. The van der Waals surface area contributed by atoms with Gasteiger partial charge in [0.25, 0.3) is 0 Å². The summed E-state index contributed by atoms with van der Waals surface area (Å²) in [6.45, 7) is 0. The third-order valence-electron chi connectivity index (χ3n) is 3.86. The van der Waals surface area contributed by atoms with E-state index in [9.17, 15) is 4.79 Å². The summed E-state index contributed by atoms with van der Waals surface area (Å²) in [5, 5.41) is 1.15. The van der Waals surface area contributed by atoms with Gasteiger partial charge >= 0.3 is 0 Å². The monoisotopic (exact) mass is 299 g/mol. The second-order valence-corrected chi connectivity index (χ2v) is 6.13. The Balaban J connectivity index is 2.07. The van der Waals surface area contributed by atoms with Gasteiger partial charge in [-0.2, -0.15) is 0 Å². The van der Waals surface area contributed by atoms with Crippen LogP contribution in [-0.2, 0) is 11.2 Å². The van der Waals surface area contributed by atoms with Gasteiger partial charge in [0.1, 0.15) is 5.78 Å². The number of Topliss-reactive ketones (excluding diaryl/α,β-unsaturated/α-hetero) is 1. The minimum absolute atomic E-state index is 0.000996. The predicted octanol–water partition coefficient (Wildman–Crippen LogP) is 4.01. The first kappa shape index (κ1) is 14.8. The van der Waals surface area contributed by atoms with Crippen molar-refractivity contribution in [3.8, 4) is 0 Å². The van der Waals surface area contributed by atoms with Crippen LogP contribution in [-0.4, -0.2) is 11.8 Å². The molecule has 1 aromatic rings. The maximum atomic E-state index is 12.4. The molecule has 1 saturated carbocycles. The van der Waals surface area contributed by atoms with Crippen LogP contribution in [0.2, 0.25) is 10.0 Å². The van der Waals surface area contributed by atoms with E-state index in [2.05, 4.69) is 0 Å². The molecule has 2 atom stereocenters. The van der Waals surface area contributed by atoms with Gasteiger partial charge in [-0.05, 0) is 30.5 Å². The molecule has 2 rings (SSSR count). The Morgan fingerprint density at radius 3 is 2.68 bits per heavy atom. The molecule has 0 aliphatic heterocycles. The number of nitrogens with two attached hydrogens (primary N) is 1. The van der Waals surface area contributed by atoms with Crippen molar-refractivity contribution < 1.29 is 4.79 Å². The molecule has 1 aromatic carbocycles. The molecular formula is C15H19Cl2NO. The SMILES string of the molecule is NC1CCCCCC1C(=O)Cc1ccc(Cl)cc1Cl. The third-order valence-corrected chi connectivity index (χ3v) is 4.45. The lowest BCUT2D eigenvalue weighted by Crippen LogP contribution is -2.35. The molecule has 0 heterocycles. The fourth-order valence-electron chi connectivity index (χ4n) is 2.72. The molecule has 2 N–H and O–H groups in total. The van der Waals surface area contributed by atoms with Crippen molar-refractivity contribution in [3.63, 3.8) is 0 Å². The van der Waals surface area contributed by atoms with Crippen molar-refractivity contribution in [2.45, 2.75) is 44.6 Å². The fourth-order valence-corrected chi connectivity index (χ4v) is 3.20. The smallest absolute Gasteiger partial charge is 0.141 e. The van der Waals surface area contributed by atoms with E-state index in [4.69, 9.17) is 28.9 Å². The first-order chi connectivity index (χ1) is 9.08. The number of halogens is 2. The van der Waals surface area contributed by atoms with E-state index in [1.807, 2.05) is 6.07 Å². The topological polar surface area (TPSA) is 43.1 Å². The van der Waals surface area contributed by atoms with Gasteiger partial charge in [0.2, 0.25) is 0 Å². The van der Waals surface area contributed by atoms with Gasteiger partial charge in [-0.3, -0.25) is 4.79 Å². The number of hydrogen-bond acceptors (Lipinski definition) is 2. The Bertz CT molecular complexity index is 461. The van der Waals surface area contributed by atoms with Crippen LogP contribution in [0.25, 0.3) is 0 Å². The highest BCUT2D eigenvalue weighted by atomic mass is 35.5. The summed E-state index contributed by atoms with van der Waals surface area (Å²) in [4.78, 5) is 12.4. The maximum Gasteiger partial charge on any atom is 0.141 e. The third kappa shape index (κ3) is 3.95. The number of hydrogen-bond donors (Lipinski definition) is 1. The fraction of sp³-hybridized carbons (Fsp3) is 0.533. The minimum atomic E-state index is -0.0192. The highest BCUT2D eigenvalue weighted by Gasteiger charge is 2.27. The Morgan fingerprint density at radius 1 is 1.21 bits per heavy atom. The van der Waals surface area contributed by atoms with Gasteiger partial charge in [-0.15, -0.1) is 0 Å².